The van der Waals surface area contributed by atoms with Crippen molar-refractivity contribution >= 4 is 10.0 Å². The summed E-state index contributed by atoms with van der Waals surface area (Å²) in [6, 6.07) is 4.16. The molecular weight excluding hydrogens is 267 g/mol. The highest BCUT2D eigenvalue weighted by molar-refractivity contribution is 7.89. The number of sulfonamides is 1. The Bertz CT molecular complexity index is 544. The molecule has 19 heavy (non-hydrogen) atoms. The maximum atomic E-state index is 13.9. The van der Waals surface area contributed by atoms with Crippen LogP contribution in [0.3, 0.4) is 0 Å². The molecule has 0 bridgehead atoms. The summed E-state index contributed by atoms with van der Waals surface area (Å²) < 4.78 is 39.2. The van der Waals surface area contributed by atoms with Crippen LogP contribution in [0.1, 0.15) is 12.5 Å². The van der Waals surface area contributed by atoms with Crippen LogP contribution in [0.25, 0.3) is 0 Å². The summed E-state index contributed by atoms with van der Waals surface area (Å²) in [5.74, 6) is -0.730. The van der Waals surface area contributed by atoms with Crippen LogP contribution in [0.15, 0.2) is 35.7 Å². The number of nitrogens with one attached hydrogen (secondary N) is 1. The molecule has 0 saturated heterocycles. The second kappa shape index (κ2) is 6.79. The average Bonchev–Trinajstić information content (AvgIpc) is 2.36. The van der Waals surface area contributed by atoms with Crippen molar-refractivity contribution in [2.45, 2.75) is 18.4 Å². The molecule has 0 fully saturated rings. The first kappa shape index (κ1) is 15.8. The molecule has 0 aliphatic carbocycles. The fourth-order valence-corrected chi connectivity index (χ4v) is 2.76. The Morgan fingerprint density at radius 2 is 2.16 bits per heavy atom. The number of nitrogens with zero attached hydrogens (tertiary/aromatic N) is 1. The van der Waals surface area contributed by atoms with Gasteiger partial charge in [0.15, 0.2) is 0 Å². The third-order valence-electron chi connectivity index (χ3n) is 2.65. The van der Waals surface area contributed by atoms with E-state index in [1.54, 1.807) is 6.07 Å². The van der Waals surface area contributed by atoms with E-state index >= 15 is 0 Å². The zero-order valence-corrected chi connectivity index (χ0v) is 12.0. The van der Waals surface area contributed by atoms with Crippen molar-refractivity contribution in [2.75, 3.05) is 20.1 Å². The largest absolute Gasteiger partial charge is 0.313 e. The topological polar surface area (TPSA) is 49.4 Å². The Kier molecular flexibility index (Phi) is 5.65. The Morgan fingerprint density at radius 3 is 2.68 bits per heavy atom. The molecule has 1 rings (SSSR count). The molecule has 106 valence electrons. The molecule has 1 aromatic carbocycles. The molecule has 0 saturated carbocycles. The first-order chi connectivity index (χ1) is 8.93. The highest BCUT2D eigenvalue weighted by Gasteiger charge is 2.23. The first-order valence-corrected chi connectivity index (χ1v) is 7.43. The summed E-state index contributed by atoms with van der Waals surface area (Å²) in [5, 5.41) is 3.05. The quantitative estimate of drug-likeness (QED) is 0.777. The van der Waals surface area contributed by atoms with Gasteiger partial charge in [0.1, 0.15) is 10.7 Å². The lowest BCUT2D eigenvalue weighted by molar-refractivity contribution is 0.489. The van der Waals surface area contributed by atoms with E-state index in [4.69, 9.17) is 0 Å². The predicted molar refractivity (Wildman–Crippen MR) is 73.8 cm³/mol. The Balaban J connectivity index is 3.05. The van der Waals surface area contributed by atoms with Gasteiger partial charge in [-0.1, -0.05) is 19.1 Å². The van der Waals surface area contributed by atoms with Crippen LogP contribution in [-0.2, 0) is 16.6 Å². The second-order valence-electron chi connectivity index (χ2n) is 4.12. The van der Waals surface area contributed by atoms with Crippen molar-refractivity contribution < 1.29 is 12.8 Å². The third-order valence-corrected chi connectivity index (χ3v) is 4.51. The number of likely N-dealkylation sites (N-methyl/N-ethyl adjacent to an activating group) is 1. The standard InChI is InChI=1S/C13H19FN2O2S/c1-4-8-16(3)19(17,18)13-7-6-11(9-12(13)14)10-15-5-2/h4,6-7,9,15H,1,5,8,10H2,2-3H3. The monoisotopic (exact) mass is 286 g/mol. The van der Waals surface area contributed by atoms with E-state index in [-0.39, 0.29) is 11.4 Å². The lowest BCUT2D eigenvalue weighted by Crippen LogP contribution is -2.27. The van der Waals surface area contributed by atoms with Crippen LogP contribution >= 0.6 is 0 Å². The minimum atomic E-state index is -3.80. The van der Waals surface area contributed by atoms with Gasteiger partial charge in [0.05, 0.1) is 0 Å². The van der Waals surface area contributed by atoms with E-state index in [1.165, 1.54) is 25.3 Å². The summed E-state index contributed by atoms with van der Waals surface area (Å²) in [7, 11) is -2.41. The highest BCUT2D eigenvalue weighted by atomic mass is 32.2. The Labute approximate surface area is 114 Å². The predicted octanol–water partition coefficient (Wildman–Crippen LogP) is 1.74. The Morgan fingerprint density at radius 1 is 1.47 bits per heavy atom. The van der Waals surface area contributed by atoms with Crippen molar-refractivity contribution in [3.63, 3.8) is 0 Å². The van der Waals surface area contributed by atoms with E-state index in [1.807, 2.05) is 6.92 Å². The van der Waals surface area contributed by atoms with Crippen molar-refractivity contribution in [1.29, 1.82) is 0 Å². The van der Waals surface area contributed by atoms with Gasteiger partial charge >= 0.3 is 0 Å². The summed E-state index contributed by atoms with van der Waals surface area (Å²) in [4.78, 5) is -0.308. The van der Waals surface area contributed by atoms with Gasteiger partial charge in [0.25, 0.3) is 0 Å². The first-order valence-electron chi connectivity index (χ1n) is 5.99. The third kappa shape index (κ3) is 3.86. The van der Waals surface area contributed by atoms with E-state index in [0.29, 0.717) is 12.1 Å². The molecule has 0 spiro atoms. The average molecular weight is 286 g/mol. The molecule has 0 aromatic heterocycles. The van der Waals surface area contributed by atoms with Gasteiger partial charge in [-0.3, -0.25) is 0 Å². The molecule has 0 atom stereocenters. The molecular formula is C13H19FN2O2S. The summed E-state index contributed by atoms with van der Waals surface area (Å²) >= 11 is 0. The number of hydrogen-bond acceptors (Lipinski definition) is 3. The van der Waals surface area contributed by atoms with Crippen LogP contribution in [0, 0.1) is 5.82 Å². The molecule has 1 N–H and O–H groups in total. The van der Waals surface area contributed by atoms with Gasteiger partial charge in [-0.2, -0.15) is 4.31 Å². The summed E-state index contributed by atoms with van der Waals surface area (Å²) in [5.41, 5.74) is 0.713. The molecule has 0 radical (unpaired) electrons. The number of benzene rings is 1. The van der Waals surface area contributed by atoms with Gasteiger partial charge in [-0.15, -0.1) is 6.58 Å². The Hall–Kier alpha value is -1.24. The lowest BCUT2D eigenvalue weighted by Gasteiger charge is -2.16. The zero-order valence-electron chi connectivity index (χ0n) is 11.2. The van der Waals surface area contributed by atoms with E-state index in [9.17, 15) is 12.8 Å². The normalized spacial score (nSPS) is 11.8. The van der Waals surface area contributed by atoms with Gasteiger partial charge < -0.3 is 5.32 Å². The van der Waals surface area contributed by atoms with Gasteiger partial charge in [0.2, 0.25) is 10.0 Å². The van der Waals surface area contributed by atoms with E-state index < -0.39 is 15.8 Å². The maximum absolute atomic E-state index is 13.9. The highest BCUT2D eigenvalue weighted by Crippen LogP contribution is 2.19. The van der Waals surface area contributed by atoms with Gasteiger partial charge in [0, 0.05) is 20.1 Å². The summed E-state index contributed by atoms with van der Waals surface area (Å²) in [6.45, 7) is 6.83. The smallest absolute Gasteiger partial charge is 0.246 e. The zero-order chi connectivity index (χ0) is 14.5. The van der Waals surface area contributed by atoms with Crippen LogP contribution < -0.4 is 5.32 Å². The van der Waals surface area contributed by atoms with Crippen LogP contribution in [0.4, 0.5) is 4.39 Å². The van der Waals surface area contributed by atoms with Crippen molar-refractivity contribution in [3.8, 4) is 0 Å². The number of rotatable bonds is 7. The van der Waals surface area contributed by atoms with Crippen molar-refractivity contribution in [2.24, 2.45) is 0 Å². The molecule has 0 amide bonds. The SMILES string of the molecule is C=CCN(C)S(=O)(=O)c1ccc(CNCC)cc1F. The van der Waals surface area contributed by atoms with Crippen molar-refractivity contribution in [1.82, 2.24) is 9.62 Å². The second-order valence-corrected chi connectivity index (χ2v) is 6.13. The van der Waals surface area contributed by atoms with Crippen LogP contribution in [0.2, 0.25) is 0 Å². The molecule has 0 unspecified atom stereocenters. The molecule has 6 heteroatoms. The van der Waals surface area contributed by atoms with Crippen LogP contribution in [-0.4, -0.2) is 32.9 Å². The van der Waals surface area contributed by atoms with Crippen LogP contribution in [0.5, 0.6) is 0 Å². The fraction of sp³-hybridized carbons (Fsp3) is 0.385. The van der Waals surface area contributed by atoms with Gasteiger partial charge in [-0.05, 0) is 24.2 Å². The van der Waals surface area contributed by atoms with Gasteiger partial charge in [-0.25, -0.2) is 12.8 Å². The molecule has 0 aliphatic heterocycles. The number of hydrogen-bond donors (Lipinski definition) is 1. The summed E-state index contributed by atoms with van der Waals surface area (Å²) in [6.07, 6.45) is 1.45. The molecule has 0 aliphatic rings. The minimum Gasteiger partial charge on any atom is -0.313 e. The number of halogens is 1. The van der Waals surface area contributed by atoms with Crippen molar-refractivity contribution in [3.05, 3.63) is 42.2 Å². The molecule has 4 nitrogen and oxygen atoms in total. The fourth-order valence-electron chi connectivity index (χ4n) is 1.58. The lowest BCUT2D eigenvalue weighted by atomic mass is 10.2. The molecule has 1 aromatic rings. The minimum absolute atomic E-state index is 0.140. The maximum Gasteiger partial charge on any atom is 0.246 e. The van der Waals surface area contributed by atoms with E-state index in [2.05, 4.69) is 11.9 Å². The molecule has 0 heterocycles. The van der Waals surface area contributed by atoms with E-state index in [0.717, 1.165) is 10.8 Å².